The van der Waals surface area contributed by atoms with Gasteiger partial charge in [0.05, 0.1) is 22.3 Å². The van der Waals surface area contributed by atoms with Crippen molar-refractivity contribution in [1.29, 1.82) is 0 Å². The Kier molecular flexibility index (Phi) is 8.33. The van der Waals surface area contributed by atoms with E-state index in [0.29, 0.717) is 39.7 Å². The Morgan fingerprint density at radius 2 is 1.05 bits per heavy atom. The van der Waals surface area contributed by atoms with Crippen molar-refractivity contribution >= 4 is 23.9 Å². The van der Waals surface area contributed by atoms with Crippen molar-refractivity contribution in [2.45, 2.75) is 90.4 Å². The largest absolute Gasteiger partial charge is 0.457 e. The topological polar surface area (TPSA) is 105 Å². The van der Waals surface area contributed by atoms with Crippen molar-refractivity contribution in [3.8, 4) is 23.0 Å². The van der Waals surface area contributed by atoms with Crippen LogP contribution in [0.25, 0.3) is 0 Å². The average molecular weight is 765 g/mol. The van der Waals surface area contributed by atoms with Gasteiger partial charge in [-0.15, -0.1) is 0 Å². The molecule has 0 saturated heterocycles. The summed E-state index contributed by atoms with van der Waals surface area (Å²) in [7, 11) is 0. The van der Waals surface area contributed by atoms with Gasteiger partial charge in [-0.2, -0.15) is 0 Å². The Balaban J connectivity index is 0.952. The van der Waals surface area contributed by atoms with Gasteiger partial charge in [0.15, 0.2) is 0 Å². The maximum Gasteiger partial charge on any atom is 0.347 e. The molecule has 7 atom stereocenters. The van der Waals surface area contributed by atoms with E-state index in [1.807, 2.05) is 24.3 Å². The molecule has 7 unspecified atom stereocenters. The van der Waals surface area contributed by atoms with E-state index in [4.69, 9.17) is 18.9 Å². The second-order valence-corrected chi connectivity index (χ2v) is 18.2. The van der Waals surface area contributed by atoms with Crippen LogP contribution >= 0.6 is 0 Å². The number of esters is 4. The number of hydrogen-bond donors (Lipinski definition) is 0. The number of carbonyl (C=O) groups excluding carboxylic acids is 4. The lowest BCUT2D eigenvalue weighted by Gasteiger charge is -2.63. The van der Waals surface area contributed by atoms with Gasteiger partial charge < -0.3 is 18.9 Å². The van der Waals surface area contributed by atoms with E-state index in [-0.39, 0.29) is 27.7 Å². The maximum atomic E-state index is 12.2. The highest BCUT2D eigenvalue weighted by Crippen LogP contribution is 2.69. The standard InChI is InChI=1S/C49H48O8/c1-4-28-10-20-41-38-17-9-31-27-49(24-23-48(31,3)42(38)21-22-47(28,41)2,29-5-11-32(12-6-29)54-34-15-18-36-39(25-34)45(52)56-43(36)50)30-7-13-33(14-8-30)55-35-16-19-37-40(26-35)46(53)57-44(37)51/h5-8,11-16,18-19,25-26,28,31,38,41-42H,4,9-10,17,20-24,27H2,1-3H3. The van der Waals surface area contributed by atoms with E-state index in [1.54, 1.807) is 36.4 Å². The first-order chi connectivity index (χ1) is 27.5. The van der Waals surface area contributed by atoms with Gasteiger partial charge in [-0.1, -0.05) is 51.5 Å². The van der Waals surface area contributed by atoms with Crippen LogP contribution < -0.4 is 9.47 Å². The third-order valence-corrected chi connectivity index (χ3v) is 16.0. The van der Waals surface area contributed by atoms with Crippen LogP contribution in [0.5, 0.6) is 23.0 Å². The molecule has 4 aliphatic carbocycles. The lowest BCUT2D eigenvalue weighted by molar-refractivity contribution is -0.119. The zero-order valence-electron chi connectivity index (χ0n) is 32.8. The first-order valence-electron chi connectivity index (χ1n) is 20.9. The lowest BCUT2D eigenvalue weighted by atomic mass is 9.42. The van der Waals surface area contributed by atoms with Gasteiger partial charge in [0.1, 0.15) is 23.0 Å². The number of ether oxygens (including phenoxy) is 4. The minimum absolute atomic E-state index is 0.218. The van der Waals surface area contributed by atoms with Gasteiger partial charge in [0.25, 0.3) is 0 Å². The summed E-state index contributed by atoms with van der Waals surface area (Å²) in [5.74, 6) is 3.57. The smallest absolute Gasteiger partial charge is 0.347 e. The number of rotatable bonds is 7. The van der Waals surface area contributed by atoms with Crippen molar-refractivity contribution in [2.24, 2.45) is 40.4 Å². The van der Waals surface area contributed by atoms with Crippen LogP contribution in [0.15, 0.2) is 84.9 Å². The highest BCUT2D eigenvalue weighted by Gasteiger charge is 2.61. The van der Waals surface area contributed by atoms with Gasteiger partial charge in [-0.25, -0.2) is 19.2 Å². The molecule has 10 rings (SSSR count). The molecule has 292 valence electrons. The highest BCUT2D eigenvalue weighted by molar-refractivity contribution is 6.15. The molecular formula is C49H48O8. The molecule has 0 amide bonds. The minimum Gasteiger partial charge on any atom is -0.457 e. The van der Waals surface area contributed by atoms with Crippen LogP contribution in [0.2, 0.25) is 0 Å². The van der Waals surface area contributed by atoms with Crippen LogP contribution in [-0.4, -0.2) is 23.9 Å². The zero-order valence-corrected chi connectivity index (χ0v) is 32.8. The first kappa shape index (κ1) is 36.1. The number of carbonyl (C=O) groups is 4. The molecule has 0 radical (unpaired) electrons. The zero-order chi connectivity index (χ0) is 39.3. The molecule has 4 aromatic rings. The third-order valence-electron chi connectivity index (χ3n) is 16.0. The molecule has 2 heterocycles. The van der Waals surface area contributed by atoms with Gasteiger partial charge in [0, 0.05) is 5.41 Å². The van der Waals surface area contributed by atoms with Crippen molar-refractivity contribution in [2.75, 3.05) is 0 Å². The summed E-state index contributed by atoms with van der Waals surface area (Å²) >= 11 is 0. The quantitative estimate of drug-likeness (QED) is 0.135. The van der Waals surface area contributed by atoms with Gasteiger partial charge in [-0.3, -0.25) is 0 Å². The SMILES string of the molecule is CCC1CCC2C3CCC4CC(c5ccc(Oc6ccc7c(c6)C(=O)OC7=O)cc5)(c5ccc(Oc6ccc7c(c6)C(=O)OC7=O)cc5)CCC4(C)C3CCC12C. The van der Waals surface area contributed by atoms with E-state index < -0.39 is 23.9 Å². The number of fused-ring (bicyclic) bond motifs is 7. The molecule has 4 aromatic carbocycles. The summed E-state index contributed by atoms with van der Waals surface area (Å²) in [6.07, 6.45) is 12.7. The average Bonchev–Trinajstić information content (AvgIpc) is 3.82. The molecule has 0 N–H and O–H groups in total. The fourth-order valence-electron chi connectivity index (χ4n) is 12.9. The van der Waals surface area contributed by atoms with E-state index in [2.05, 4.69) is 45.0 Å². The molecule has 57 heavy (non-hydrogen) atoms. The Morgan fingerprint density at radius 1 is 0.544 bits per heavy atom. The fraction of sp³-hybridized carbons (Fsp3) is 0.429. The van der Waals surface area contributed by atoms with Crippen LogP contribution in [0, 0.1) is 40.4 Å². The van der Waals surface area contributed by atoms with Gasteiger partial charge >= 0.3 is 23.9 Å². The molecule has 4 fully saturated rings. The second kappa shape index (κ2) is 13.2. The van der Waals surface area contributed by atoms with Crippen LogP contribution in [0.1, 0.15) is 138 Å². The number of benzene rings is 4. The predicted molar refractivity (Wildman–Crippen MR) is 212 cm³/mol. The third kappa shape index (κ3) is 5.60. The Labute approximate surface area is 333 Å². The van der Waals surface area contributed by atoms with E-state index >= 15 is 0 Å². The first-order valence-corrected chi connectivity index (χ1v) is 20.9. The Morgan fingerprint density at radius 3 is 1.60 bits per heavy atom. The fourth-order valence-corrected chi connectivity index (χ4v) is 12.9. The number of hydrogen-bond acceptors (Lipinski definition) is 8. The molecule has 8 nitrogen and oxygen atoms in total. The maximum absolute atomic E-state index is 12.2. The number of cyclic esters (lactones) is 4. The molecular weight excluding hydrogens is 717 g/mol. The molecule has 4 saturated carbocycles. The normalized spacial score (nSPS) is 30.7. The summed E-state index contributed by atoms with van der Waals surface area (Å²) in [4.78, 5) is 48.4. The van der Waals surface area contributed by atoms with Crippen LogP contribution in [-0.2, 0) is 14.9 Å². The molecule has 8 heteroatoms. The Hall–Kier alpha value is -5.24. The minimum atomic E-state index is -0.656. The van der Waals surface area contributed by atoms with E-state index in [1.165, 1.54) is 62.5 Å². The van der Waals surface area contributed by atoms with Crippen LogP contribution in [0.4, 0.5) is 0 Å². The van der Waals surface area contributed by atoms with Crippen molar-refractivity contribution in [3.63, 3.8) is 0 Å². The van der Waals surface area contributed by atoms with Crippen LogP contribution in [0.3, 0.4) is 0 Å². The van der Waals surface area contributed by atoms with Gasteiger partial charge in [-0.05, 0) is 170 Å². The van der Waals surface area contributed by atoms with E-state index in [9.17, 15) is 19.2 Å². The summed E-state index contributed by atoms with van der Waals surface area (Å²) in [6, 6.07) is 26.4. The summed E-state index contributed by atoms with van der Waals surface area (Å²) in [6.45, 7) is 7.68. The summed E-state index contributed by atoms with van der Waals surface area (Å²) in [5, 5.41) is 0. The van der Waals surface area contributed by atoms with Crippen molar-refractivity contribution in [1.82, 2.24) is 0 Å². The monoisotopic (exact) mass is 764 g/mol. The summed E-state index contributed by atoms with van der Waals surface area (Å²) < 4.78 is 22.0. The molecule has 0 bridgehead atoms. The molecule has 6 aliphatic rings. The molecule has 0 aromatic heterocycles. The van der Waals surface area contributed by atoms with Gasteiger partial charge in [0.2, 0.25) is 0 Å². The van der Waals surface area contributed by atoms with Crippen molar-refractivity contribution in [3.05, 3.63) is 118 Å². The van der Waals surface area contributed by atoms with Crippen molar-refractivity contribution < 1.29 is 38.1 Å². The summed E-state index contributed by atoms with van der Waals surface area (Å²) in [5.41, 5.74) is 4.01. The Bertz CT molecular complexity index is 2200. The second-order valence-electron chi connectivity index (χ2n) is 18.2. The molecule has 0 spiro atoms. The molecule has 2 aliphatic heterocycles. The lowest BCUT2D eigenvalue weighted by Crippen LogP contribution is -2.55. The predicted octanol–water partition coefficient (Wildman–Crippen LogP) is 11.2. The highest BCUT2D eigenvalue weighted by atomic mass is 16.6. The van der Waals surface area contributed by atoms with E-state index in [0.717, 1.165) is 36.5 Å².